The minimum atomic E-state index is -0.572. The van der Waals surface area contributed by atoms with Crippen LogP contribution in [-0.4, -0.2) is 24.0 Å². The number of carbonyl (C=O) groups excluding carboxylic acids is 3. The minimum Gasteiger partial charge on any atom is -0.423 e. The van der Waals surface area contributed by atoms with E-state index in [4.69, 9.17) is 4.74 Å². The summed E-state index contributed by atoms with van der Waals surface area (Å²) in [6.07, 6.45) is 3.05. The number of thiophene rings is 1. The number of hydrogen-bond donors (Lipinski definition) is 2. The first-order valence-corrected chi connectivity index (χ1v) is 13.4. The number of hydrazone groups is 1. The molecule has 0 fully saturated rings. The van der Waals surface area contributed by atoms with Crippen LogP contribution in [0.2, 0.25) is 0 Å². The lowest BCUT2D eigenvalue weighted by Crippen LogP contribution is -2.32. The van der Waals surface area contributed by atoms with E-state index in [9.17, 15) is 14.4 Å². The van der Waals surface area contributed by atoms with E-state index in [2.05, 4.69) is 36.6 Å². The summed E-state index contributed by atoms with van der Waals surface area (Å²) in [7, 11) is 0. The van der Waals surface area contributed by atoms with E-state index >= 15 is 0 Å². The van der Waals surface area contributed by atoms with Crippen molar-refractivity contribution in [3.63, 3.8) is 0 Å². The van der Waals surface area contributed by atoms with E-state index in [1.807, 2.05) is 35.7 Å². The van der Waals surface area contributed by atoms with E-state index in [1.54, 1.807) is 66.7 Å². The Morgan fingerprint density at radius 1 is 0.825 bits per heavy atom. The van der Waals surface area contributed by atoms with Gasteiger partial charge in [-0.25, -0.2) is 10.2 Å². The van der Waals surface area contributed by atoms with Gasteiger partial charge in [0.2, 0.25) is 0 Å². The second kappa shape index (κ2) is 12.8. The van der Waals surface area contributed by atoms with Gasteiger partial charge in [-0.3, -0.25) is 9.59 Å². The van der Waals surface area contributed by atoms with Gasteiger partial charge in [0.25, 0.3) is 11.8 Å². The molecular weight excluding hydrogens is 522 g/mol. The van der Waals surface area contributed by atoms with Crippen LogP contribution in [0, 0.1) is 0 Å². The highest BCUT2D eigenvalue weighted by atomic mass is 32.1. The van der Waals surface area contributed by atoms with Crippen LogP contribution in [0.5, 0.6) is 5.75 Å². The maximum atomic E-state index is 12.9. The SMILES string of the molecule is CC(C)(C)c1ccc(C(=O)Oc2ccc(C=NNC(=O)C(=Cc3cccs3)NC(=O)c3ccccc3)cc2)cc1. The number of ether oxygens (including phenoxy) is 1. The molecule has 0 aliphatic heterocycles. The van der Waals surface area contributed by atoms with Crippen molar-refractivity contribution >= 4 is 41.4 Å². The number of rotatable bonds is 8. The number of hydrogen-bond acceptors (Lipinski definition) is 6. The normalized spacial score (nSPS) is 11.7. The van der Waals surface area contributed by atoms with Gasteiger partial charge in [-0.1, -0.05) is 57.2 Å². The molecule has 1 heterocycles. The van der Waals surface area contributed by atoms with Gasteiger partial charge in [0.1, 0.15) is 11.4 Å². The zero-order chi connectivity index (χ0) is 28.5. The lowest BCUT2D eigenvalue weighted by Gasteiger charge is -2.18. The zero-order valence-corrected chi connectivity index (χ0v) is 23.2. The summed E-state index contributed by atoms with van der Waals surface area (Å²) >= 11 is 1.44. The Morgan fingerprint density at radius 3 is 2.15 bits per heavy atom. The van der Waals surface area contributed by atoms with Crippen molar-refractivity contribution in [1.29, 1.82) is 0 Å². The second-order valence-corrected chi connectivity index (χ2v) is 10.9. The van der Waals surface area contributed by atoms with Crippen LogP contribution >= 0.6 is 11.3 Å². The van der Waals surface area contributed by atoms with Crippen molar-refractivity contribution in [2.45, 2.75) is 26.2 Å². The highest BCUT2D eigenvalue weighted by Crippen LogP contribution is 2.23. The van der Waals surface area contributed by atoms with Gasteiger partial charge < -0.3 is 10.1 Å². The van der Waals surface area contributed by atoms with Crippen molar-refractivity contribution in [2.24, 2.45) is 5.10 Å². The number of nitrogens with one attached hydrogen (secondary N) is 2. The smallest absolute Gasteiger partial charge is 0.343 e. The zero-order valence-electron chi connectivity index (χ0n) is 22.4. The van der Waals surface area contributed by atoms with Crippen molar-refractivity contribution in [3.05, 3.63) is 129 Å². The first-order valence-electron chi connectivity index (χ1n) is 12.6. The molecule has 0 aliphatic carbocycles. The van der Waals surface area contributed by atoms with Crippen LogP contribution in [0.1, 0.15) is 57.5 Å². The van der Waals surface area contributed by atoms with Crippen LogP contribution in [0.3, 0.4) is 0 Å². The average Bonchev–Trinajstić information content (AvgIpc) is 3.47. The monoisotopic (exact) mass is 551 g/mol. The number of benzene rings is 3. The molecule has 2 amide bonds. The molecule has 40 heavy (non-hydrogen) atoms. The van der Waals surface area contributed by atoms with E-state index in [-0.39, 0.29) is 11.1 Å². The number of carbonyl (C=O) groups is 3. The van der Waals surface area contributed by atoms with Gasteiger partial charge in [0, 0.05) is 10.4 Å². The third kappa shape index (κ3) is 7.85. The fraction of sp³-hybridized carbons (Fsp3) is 0.125. The van der Waals surface area contributed by atoms with Crippen molar-refractivity contribution in [3.8, 4) is 5.75 Å². The van der Waals surface area contributed by atoms with E-state index in [0.717, 1.165) is 10.4 Å². The van der Waals surface area contributed by atoms with Crippen LogP contribution in [0.4, 0.5) is 0 Å². The van der Waals surface area contributed by atoms with Gasteiger partial charge in [0.05, 0.1) is 11.8 Å². The molecular formula is C32H29N3O4S. The molecule has 0 atom stereocenters. The molecule has 4 rings (SSSR count). The standard InChI is InChI=1S/C32H29N3O4S/c1-32(2,3)25-15-13-24(14-16-25)31(38)39-26-17-11-22(12-18-26)21-33-35-30(37)28(20-27-10-7-19-40-27)34-29(36)23-8-5-4-6-9-23/h4-21H,1-3H3,(H,34,36)(H,35,37). The molecule has 4 aromatic rings. The predicted octanol–water partition coefficient (Wildman–Crippen LogP) is 6.19. The summed E-state index contributed by atoms with van der Waals surface area (Å²) in [4.78, 5) is 38.8. The Labute approximate surface area is 237 Å². The van der Waals surface area contributed by atoms with Gasteiger partial charge in [0.15, 0.2) is 0 Å². The first kappa shape index (κ1) is 28.2. The van der Waals surface area contributed by atoms with Crippen LogP contribution in [0.25, 0.3) is 6.08 Å². The third-order valence-electron chi connectivity index (χ3n) is 5.82. The largest absolute Gasteiger partial charge is 0.423 e. The third-order valence-corrected chi connectivity index (χ3v) is 6.63. The van der Waals surface area contributed by atoms with Gasteiger partial charge in [-0.2, -0.15) is 5.10 Å². The van der Waals surface area contributed by atoms with E-state index in [0.29, 0.717) is 22.4 Å². The maximum Gasteiger partial charge on any atom is 0.343 e. The number of amides is 2. The van der Waals surface area contributed by atoms with Gasteiger partial charge in [-0.15, -0.1) is 11.3 Å². The van der Waals surface area contributed by atoms with E-state index in [1.165, 1.54) is 17.6 Å². The summed E-state index contributed by atoms with van der Waals surface area (Å²) in [6, 6.07) is 26.4. The van der Waals surface area contributed by atoms with Crippen molar-refractivity contribution in [1.82, 2.24) is 10.7 Å². The molecule has 7 nitrogen and oxygen atoms in total. The maximum absolute atomic E-state index is 12.9. The van der Waals surface area contributed by atoms with Gasteiger partial charge in [-0.05, 0) is 82.6 Å². The summed E-state index contributed by atoms with van der Waals surface area (Å²) in [6.45, 7) is 6.34. The summed E-state index contributed by atoms with van der Waals surface area (Å²) in [5.41, 5.74) is 5.21. The first-order chi connectivity index (χ1) is 19.2. The molecule has 0 aliphatic rings. The Bertz CT molecular complexity index is 1520. The highest BCUT2D eigenvalue weighted by Gasteiger charge is 2.16. The molecule has 8 heteroatoms. The molecule has 0 saturated carbocycles. The van der Waals surface area contributed by atoms with Gasteiger partial charge >= 0.3 is 5.97 Å². The molecule has 0 bridgehead atoms. The summed E-state index contributed by atoms with van der Waals surface area (Å²) in [5.74, 6) is -1.04. The molecule has 0 spiro atoms. The topological polar surface area (TPSA) is 96.9 Å². The molecule has 3 aromatic carbocycles. The van der Waals surface area contributed by atoms with Crippen LogP contribution in [-0.2, 0) is 10.2 Å². The molecule has 2 N–H and O–H groups in total. The van der Waals surface area contributed by atoms with Crippen molar-refractivity contribution < 1.29 is 19.1 Å². The molecule has 202 valence electrons. The lowest BCUT2D eigenvalue weighted by atomic mass is 9.87. The number of esters is 1. The summed E-state index contributed by atoms with van der Waals surface area (Å²) < 4.78 is 5.48. The number of nitrogens with zero attached hydrogens (tertiary/aromatic N) is 1. The fourth-order valence-corrected chi connectivity index (χ4v) is 4.24. The van der Waals surface area contributed by atoms with Crippen molar-refractivity contribution in [2.75, 3.05) is 0 Å². The Morgan fingerprint density at radius 2 is 1.52 bits per heavy atom. The van der Waals surface area contributed by atoms with E-state index < -0.39 is 17.8 Å². The highest BCUT2D eigenvalue weighted by molar-refractivity contribution is 7.10. The Balaban J connectivity index is 1.36. The second-order valence-electron chi connectivity index (χ2n) is 9.88. The summed E-state index contributed by atoms with van der Waals surface area (Å²) in [5, 5.41) is 8.56. The molecule has 1 aromatic heterocycles. The Hall–Kier alpha value is -4.82. The minimum absolute atomic E-state index is 0.00266. The fourth-order valence-electron chi connectivity index (χ4n) is 3.58. The molecule has 0 unspecified atom stereocenters. The predicted molar refractivity (Wildman–Crippen MR) is 158 cm³/mol. The Kier molecular flexibility index (Phi) is 9.04. The lowest BCUT2D eigenvalue weighted by molar-refractivity contribution is -0.117. The quantitative estimate of drug-likeness (QED) is 0.0898. The molecule has 0 radical (unpaired) electrons. The average molecular weight is 552 g/mol. The van der Waals surface area contributed by atoms with Crippen LogP contribution in [0.15, 0.2) is 107 Å². The van der Waals surface area contributed by atoms with Crippen LogP contribution < -0.4 is 15.5 Å². The molecule has 0 saturated heterocycles.